The predicted molar refractivity (Wildman–Crippen MR) is 119 cm³/mol. The Kier molecular flexibility index (Phi) is 8.08. The number of hydrogen-bond acceptors (Lipinski definition) is 5. The molecule has 8 heteroatoms. The van der Waals surface area contributed by atoms with Crippen molar-refractivity contribution < 1.29 is 19.0 Å². The predicted octanol–water partition coefficient (Wildman–Crippen LogP) is 3.17. The molecule has 168 valence electrons. The number of amides is 2. The fraction of sp³-hybridized carbons (Fsp3) is 0.478. The fourth-order valence-corrected chi connectivity index (χ4v) is 3.82. The maximum absolute atomic E-state index is 12.9. The number of ether oxygens (including phenoxy) is 3. The van der Waals surface area contributed by atoms with Crippen LogP contribution in [0.3, 0.4) is 0 Å². The SMILES string of the molecule is C=CCCOCCNC(=O)N1CCOCC1c1c(C)nn(-c2cccc(OC)c2)c1C. The number of nitrogens with zero attached hydrogens (tertiary/aromatic N) is 3. The van der Waals surface area contributed by atoms with E-state index >= 15 is 0 Å². The van der Waals surface area contributed by atoms with E-state index in [0.717, 1.165) is 34.8 Å². The molecule has 2 aromatic rings. The average molecular weight is 429 g/mol. The molecular formula is C23H32N4O4. The van der Waals surface area contributed by atoms with Gasteiger partial charge >= 0.3 is 6.03 Å². The normalized spacial score (nSPS) is 16.2. The Morgan fingerprint density at radius 1 is 1.39 bits per heavy atom. The van der Waals surface area contributed by atoms with Gasteiger partial charge < -0.3 is 24.4 Å². The number of rotatable bonds is 9. The first-order valence-corrected chi connectivity index (χ1v) is 10.6. The fourth-order valence-electron chi connectivity index (χ4n) is 3.82. The zero-order valence-corrected chi connectivity index (χ0v) is 18.6. The number of urea groups is 1. The standard InChI is InChI=1S/C23H32N4O4/c1-5-6-12-30-13-10-24-23(28)26-11-14-31-16-21(26)22-17(2)25-27(18(22)3)19-8-7-9-20(15-19)29-4/h5,7-9,15,21H,1,6,10-14,16H2,2-4H3,(H,24,28). The highest BCUT2D eigenvalue weighted by atomic mass is 16.5. The zero-order chi connectivity index (χ0) is 22.2. The summed E-state index contributed by atoms with van der Waals surface area (Å²) in [7, 11) is 1.64. The molecule has 1 unspecified atom stereocenters. The van der Waals surface area contributed by atoms with Crippen LogP contribution in [0, 0.1) is 13.8 Å². The molecule has 0 spiro atoms. The molecule has 31 heavy (non-hydrogen) atoms. The van der Waals surface area contributed by atoms with Crippen LogP contribution >= 0.6 is 0 Å². The van der Waals surface area contributed by atoms with E-state index in [4.69, 9.17) is 19.3 Å². The maximum Gasteiger partial charge on any atom is 0.318 e. The van der Waals surface area contributed by atoms with Crippen LogP contribution in [-0.4, -0.2) is 67.3 Å². The van der Waals surface area contributed by atoms with E-state index in [0.29, 0.717) is 39.5 Å². The average Bonchev–Trinajstić information content (AvgIpc) is 3.09. The number of aryl methyl sites for hydroxylation is 1. The molecule has 1 saturated heterocycles. The summed E-state index contributed by atoms with van der Waals surface area (Å²) >= 11 is 0. The second kappa shape index (κ2) is 11.0. The highest BCUT2D eigenvalue weighted by Gasteiger charge is 2.32. The van der Waals surface area contributed by atoms with E-state index < -0.39 is 0 Å². The maximum atomic E-state index is 12.9. The smallest absolute Gasteiger partial charge is 0.318 e. The van der Waals surface area contributed by atoms with E-state index in [2.05, 4.69) is 11.9 Å². The number of hydrogen-bond donors (Lipinski definition) is 1. The van der Waals surface area contributed by atoms with Crippen molar-refractivity contribution in [3.8, 4) is 11.4 Å². The molecule has 0 saturated carbocycles. The lowest BCUT2D eigenvalue weighted by Gasteiger charge is -2.36. The van der Waals surface area contributed by atoms with Crippen molar-refractivity contribution in [3.05, 3.63) is 53.9 Å². The Morgan fingerprint density at radius 2 is 2.23 bits per heavy atom. The molecule has 0 bridgehead atoms. The largest absolute Gasteiger partial charge is 0.497 e. The quantitative estimate of drug-likeness (QED) is 0.490. The van der Waals surface area contributed by atoms with Gasteiger partial charge in [0.15, 0.2) is 0 Å². The molecular weight excluding hydrogens is 396 g/mol. The minimum atomic E-state index is -0.199. The second-order valence-electron chi connectivity index (χ2n) is 7.40. The highest BCUT2D eigenvalue weighted by molar-refractivity contribution is 5.75. The van der Waals surface area contributed by atoms with Gasteiger partial charge in [-0.05, 0) is 32.4 Å². The summed E-state index contributed by atoms with van der Waals surface area (Å²) in [5.74, 6) is 0.768. The summed E-state index contributed by atoms with van der Waals surface area (Å²) in [6.07, 6.45) is 2.61. The Hall–Kier alpha value is -2.84. The topological polar surface area (TPSA) is 77.9 Å². The van der Waals surface area contributed by atoms with Crippen molar-refractivity contribution >= 4 is 6.03 Å². The van der Waals surface area contributed by atoms with Crippen molar-refractivity contribution in [2.24, 2.45) is 0 Å². The van der Waals surface area contributed by atoms with E-state index in [1.165, 1.54) is 0 Å². The number of carbonyl (C=O) groups excluding carboxylic acids is 1. The lowest BCUT2D eigenvalue weighted by atomic mass is 10.0. The summed E-state index contributed by atoms with van der Waals surface area (Å²) in [6.45, 7) is 10.7. The molecule has 2 amide bonds. The summed E-state index contributed by atoms with van der Waals surface area (Å²) in [5.41, 5.74) is 3.78. The van der Waals surface area contributed by atoms with Gasteiger partial charge in [-0.15, -0.1) is 6.58 Å². The molecule has 1 fully saturated rings. The summed E-state index contributed by atoms with van der Waals surface area (Å²) in [4.78, 5) is 14.7. The van der Waals surface area contributed by atoms with Crippen molar-refractivity contribution in [2.45, 2.75) is 26.3 Å². The Labute approximate surface area is 183 Å². The van der Waals surface area contributed by atoms with Crippen LogP contribution in [-0.2, 0) is 9.47 Å². The van der Waals surface area contributed by atoms with Crippen molar-refractivity contribution in [3.63, 3.8) is 0 Å². The lowest BCUT2D eigenvalue weighted by molar-refractivity contribution is 0.0108. The molecule has 8 nitrogen and oxygen atoms in total. The van der Waals surface area contributed by atoms with E-state index in [1.54, 1.807) is 7.11 Å². The molecule has 1 aliphatic rings. The van der Waals surface area contributed by atoms with Crippen LogP contribution in [0.25, 0.3) is 5.69 Å². The van der Waals surface area contributed by atoms with Crippen LogP contribution in [0.1, 0.15) is 29.4 Å². The third-order valence-corrected chi connectivity index (χ3v) is 5.36. The van der Waals surface area contributed by atoms with Crippen molar-refractivity contribution in [2.75, 3.05) is 46.6 Å². The third kappa shape index (κ3) is 5.45. The van der Waals surface area contributed by atoms with Crippen LogP contribution in [0.2, 0.25) is 0 Å². The Balaban J connectivity index is 1.75. The highest BCUT2D eigenvalue weighted by Crippen LogP contribution is 2.31. The number of methoxy groups -OCH3 is 1. The molecule has 2 heterocycles. The van der Waals surface area contributed by atoms with Gasteiger partial charge in [-0.3, -0.25) is 0 Å². The first kappa shape index (κ1) is 22.8. The zero-order valence-electron chi connectivity index (χ0n) is 18.6. The molecule has 1 N–H and O–H groups in total. The van der Waals surface area contributed by atoms with Crippen molar-refractivity contribution in [1.29, 1.82) is 0 Å². The molecule has 3 rings (SSSR count). The molecule has 1 aliphatic heterocycles. The summed E-state index contributed by atoms with van der Waals surface area (Å²) < 4.78 is 18.5. The number of nitrogens with one attached hydrogen (secondary N) is 1. The Morgan fingerprint density at radius 3 is 3.00 bits per heavy atom. The summed E-state index contributed by atoms with van der Waals surface area (Å²) in [6, 6.07) is 7.45. The minimum absolute atomic E-state index is 0.117. The van der Waals surface area contributed by atoms with Gasteiger partial charge in [0.2, 0.25) is 0 Å². The minimum Gasteiger partial charge on any atom is -0.497 e. The first-order valence-electron chi connectivity index (χ1n) is 10.6. The van der Waals surface area contributed by atoms with Gasteiger partial charge in [0.1, 0.15) is 5.75 Å². The van der Waals surface area contributed by atoms with Gasteiger partial charge in [0, 0.05) is 30.4 Å². The van der Waals surface area contributed by atoms with Gasteiger partial charge in [-0.1, -0.05) is 12.1 Å². The van der Waals surface area contributed by atoms with Crippen LogP contribution in [0.4, 0.5) is 4.79 Å². The van der Waals surface area contributed by atoms with Gasteiger partial charge in [0.05, 0.1) is 51.0 Å². The lowest BCUT2D eigenvalue weighted by Crippen LogP contribution is -2.49. The monoisotopic (exact) mass is 428 g/mol. The van der Waals surface area contributed by atoms with Crippen LogP contribution < -0.4 is 10.1 Å². The van der Waals surface area contributed by atoms with Crippen LogP contribution in [0.15, 0.2) is 36.9 Å². The Bertz CT molecular complexity index is 896. The summed E-state index contributed by atoms with van der Waals surface area (Å²) in [5, 5.41) is 7.71. The van der Waals surface area contributed by atoms with Gasteiger partial charge in [0.25, 0.3) is 0 Å². The third-order valence-electron chi connectivity index (χ3n) is 5.36. The van der Waals surface area contributed by atoms with E-state index in [9.17, 15) is 4.79 Å². The first-order chi connectivity index (χ1) is 15.1. The number of benzene rings is 1. The number of morpholine rings is 1. The molecule has 1 aromatic carbocycles. The van der Waals surface area contributed by atoms with Crippen LogP contribution in [0.5, 0.6) is 5.75 Å². The second-order valence-corrected chi connectivity index (χ2v) is 7.40. The molecule has 1 aromatic heterocycles. The van der Waals surface area contributed by atoms with E-state index in [-0.39, 0.29) is 12.1 Å². The number of carbonyl (C=O) groups is 1. The molecule has 0 radical (unpaired) electrons. The van der Waals surface area contributed by atoms with Gasteiger partial charge in [-0.2, -0.15) is 5.10 Å². The van der Waals surface area contributed by atoms with Crippen molar-refractivity contribution in [1.82, 2.24) is 20.0 Å². The molecule has 0 aliphatic carbocycles. The van der Waals surface area contributed by atoms with E-state index in [1.807, 2.05) is 53.8 Å². The molecule has 1 atom stereocenters. The van der Waals surface area contributed by atoms with Gasteiger partial charge in [-0.25, -0.2) is 9.48 Å². The number of aromatic nitrogens is 2.